The van der Waals surface area contributed by atoms with Crippen molar-refractivity contribution < 1.29 is 4.42 Å². The lowest BCUT2D eigenvalue weighted by Gasteiger charge is -2.21. The SMILES string of the molecule is CC1(C)c2ccccc2-c2cc3c4ccccc4n(-c4cccc5oc6c(-c7nc(-c8ccccc8)nc(-c8ccccc8)n7)cccc6c45)c3cc21. The van der Waals surface area contributed by atoms with Crippen LogP contribution in [0, 0.1) is 0 Å². The Labute approximate surface area is 305 Å². The number of hydrogen-bond donors (Lipinski definition) is 0. The number of hydrogen-bond acceptors (Lipinski definition) is 4. The Bertz CT molecular complexity index is 3020. The van der Waals surface area contributed by atoms with E-state index in [4.69, 9.17) is 19.4 Å². The molecule has 5 heteroatoms. The van der Waals surface area contributed by atoms with Gasteiger partial charge in [0, 0.05) is 32.7 Å². The Morgan fingerprint density at radius 3 is 1.87 bits per heavy atom. The summed E-state index contributed by atoms with van der Waals surface area (Å²) in [5, 5.41) is 4.53. The second-order valence-corrected chi connectivity index (χ2v) is 14.4. The predicted octanol–water partition coefficient (Wildman–Crippen LogP) is 12.2. The number of para-hydroxylation sites is 2. The van der Waals surface area contributed by atoms with E-state index in [9.17, 15) is 0 Å². The molecule has 3 heterocycles. The van der Waals surface area contributed by atoms with Gasteiger partial charge in [-0.05, 0) is 58.7 Å². The zero-order valence-corrected chi connectivity index (χ0v) is 29.2. The number of aromatic nitrogens is 4. The van der Waals surface area contributed by atoms with E-state index in [1.54, 1.807) is 0 Å². The van der Waals surface area contributed by atoms with E-state index in [0.29, 0.717) is 17.5 Å². The van der Waals surface area contributed by atoms with Crippen LogP contribution in [0.5, 0.6) is 0 Å². The van der Waals surface area contributed by atoms with Gasteiger partial charge in [-0.1, -0.05) is 135 Å². The first-order chi connectivity index (χ1) is 26.0. The smallest absolute Gasteiger partial charge is 0.167 e. The van der Waals surface area contributed by atoms with Gasteiger partial charge < -0.3 is 8.98 Å². The Balaban J connectivity index is 1.17. The van der Waals surface area contributed by atoms with Crippen LogP contribution in [0.3, 0.4) is 0 Å². The lowest BCUT2D eigenvalue weighted by Crippen LogP contribution is -2.14. The molecule has 5 nitrogen and oxygen atoms in total. The number of fused-ring (bicyclic) bond motifs is 9. The summed E-state index contributed by atoms with van der Waals surface area (Å²) in [6.45, 7) is 4.69. The van der Waals surface area contributed by atoms with Crippen molar-refractivity contribution in [2.24, 2.45) is 0 Å². The number of benzene rings is 7. The lowest BCUT2D eigenvalue weighted by molar-refractivity contribution is 0.661. The molecular weight excluding hydrogens is 649 g/mol. The van der Waals surface area contributed by atoms with Gasteiger partial charge in [0.05, 0.1) is 27.7 Å². The van der Waals surface area contributed by atoms with Crippen molar-refractivity contribution >= 4 is 43.7 Å². The van der Waals surface area contributed by atoms with Crippen LogP contribution in [0.15, 0.2) is 162 Å². The largest absolute Gasteiger partial charge is 0.455 e. The molecule has 0 fully saturated rings. The maximum absolute atomic E-state index is 6.83. The van der Waals surface area contributed by atoms with Gasteiger partial charge in [-0.3, -0.25) is 0 Å². The highest BCUT2D eigenvalue weighted by Gasteiger charge is 2.36. The molecule has 3 aromatic heterocycles. The molecule has 7 aromatic carbocycles. The normalized spacial score (nSPS) is 13.2. The average Bonchev–Trinajstić information content (AvgIpc) is 3.83. The summed E-state index contributed by atoms with van der Waals surface area (Å²) in [6, 6.07) is 55.2. The quantitative estimate of drug-likeness (QED) is 0.186. The van der Waals surface area contributed by atoms with E-state index in [1.807, 2.05) is 66.7 Å². The van der Waals surface area contributed by atoms with Crippen molar-refractivity contribution in [1.82, 2.24) is 19.5 Å². The molecule has 0 amide bonds. The minimum absolute atomic E-state index is 0.119. The van der Waals surface area contributed by atoms with Crippen LogP contribution < -0.4 is 0 Å². The van der Waals surface area contributed by atoms with E-state index in [2.05, 4.69) is 109 Å². The summed E-state index contributed by atoms with van der Waals surface area (Å²) >= 11 is 0. The van der Waals surface area contributed by atoms with Gasteiger partial charge in [-0.15, -0.1) is 0 Å². The van der Waals surface area contributed by atoms with Gasteiger partial charge in [0.1, 0.15) is 11.2 Å². The summed E-state index contributed by atoms with van der Waals surface area (Å²) in [6.07, 6.45) is 0. The van der Waals surface area contributed by atoms with Gasteiger partial charge in [0.2, 0.25) is 0 Å². The molecule has 0 bridgehead atoms. The Hall–Kier alpha value is -6.85. The molecule has 53 heavy (non-hydrogen) atoms. The first-order valence-electron chi connectivity index (χ1n) is 18.0. The van der Waals surface area contributed by atoms with Gasteiger partial charge in [-0.25, -0.2) is 15.0 Å². The second-order valence-electron chi connectivity index (χ2n) is 14.4. The molecule has 0 aliphatic heterocycles. The van der Waals surface area contributed by atoms with Crippen LogP contribution in [-0.2, 0) is 5.41 Å². The van der Waals surface area contributed by atoms with E-state index in [0.717, 1.165) is 49.8 Å². The highest BCUT2D eigenvalue weighted by Crippen LogP contribution is 2.51. The molecule has 0 radical (unpaired) electrons. The number of furan rings is 1. The van der Waals surface area contributed by atoms with Crippen molar-refractivity contribution in [3.8, 4) is 51.0 Å². The molecular formula is C48H32N4O. The second kappa shape index (κ2) is 11.1. The number of rotatable bonds is 4. The average molecular weight is 681 g/mol. The molecule has 1 aliphatic carbocycles. The van der Waals surface area contributed by atoms with Crippen LogP contribution in [0.25, 0.3) is 94.7 Å². The third-order valence-electron chi connectivity index (χ3n) is 11.1. The highest BCUT2D eigenvalue weighted by atomic mass is 16.3. The Kier molecular flexibility index (Phi) is 6.23. The molecule has 0 spiro atoms. The maximum Gasteiger partial charge on any atom is 0.167 e. The van der Waals surface area contributed by atoms with Gasteiger partial charge in [0.25, 0.3) is 0 Å². The maximum atomic E-state index is 6.83. The first kappa shape index (κ1) is 29.8. The summed E-state index contributed by atoms with van der Waals surface area (Å²) in [7, 11) is 0. The summed E-state index contributed by atoms with van der Waals surface area (Å²) < 4.78 is 9.26. The zero-order valence-electron chi connectivity index (χ0n) is 29.2. The van der Waals surface area contributed by atoms with E-state index in [-0.39, 0.29) is 5.41 Å². The van der Waals surface area contributed by atoms with Gasteiger partial charge in [-0.2, -0.15) is 0 Å². The fraction of sp³-hybridized carbons (Fsp3) is 0.0625. The van der Waals surface area contributed by atoms with Crippen LogP contribution >= 0.6 is 0 Å². The number of nitrogens with zero attached hydrogens (tertiary/aromatic N) is 4. The highest BCUT2D eigenvalue weighted by molar-refractivity contribution is 6.16. The molecule has 10 aromatic rings. The zero-order chi connectivity index (χ0) is 35.3. The molecule has 1 aliphatic rings. The minimum atomic E-state index is -0.119. The van der Waals surface area contributed by atoms with E-state index >= 15 is 0 Å². The topological polar surface area (TPSA) is 56.7 Å². The van der Waals surface area contributed by atoms with Crippen LogP contribution in [0.1, 0.15) is 25.0 Å². The van der Waals surface area contributed by atoms with Crippen LogP contribution in [-0.4, -0.2) is 19.5 Å². The first-order valence-corrected chi connectivity index (χ1v) is 18.0. The fourth-order valence-electron chi connectivity index (χ4n) is 8.54. The molecule has 0 atom stereocenters. The molecule has 0 saturated carbocycles. The Morgan fingerprint density at radius 2 is 1.09 bits per heavy atom. The minimum Gasteiger partial charge on any atom is -0.455 e. The van der Waals surface area contributed by atoms with Crippen molar-refractivity contribution in [3.05, 3.63) is 169 Å². The van der Waals surface area contributed by atoms with Gasteiger partial charge in [0.15, 0.2) is 17.5 Å². The van der Waals surface area contributed by atoms with Crippen molar-refractivity contribution in [2.75, 3.05) is 0 Å². The van der Waals surface area contributed by atoms with Crippen molar-refractivity contribution in [3.63, 3.8) is 0 Å². The molecule has 250 valence electrons. The molecule has 0 N–H and O–H groups in total. The summed E-state index contributed by atoms with van der Waals surface area (Å²) in [5.41, 5.74) is 12.9. The van der Waals surface area contributed by atoms with Crippen molar-refractivity contribution in [2.45, 2.75) is 19.3 Å². The fourth-order valence-corrected chi connectivity index (χ4v) is 8.54. The monoisotopic (exact) mass is 680 g/mol. The van der Waals surface area contributed by atoms with Gasteiger partial charge >= 0.3 is 0 Å². The van der Waals surface area contributed by atoms with E-state index < -0.39 is 0 Å². The Morgan fingerprint density at radius 1 is 0.472 bits per heavy atom. The predicted molar refractivity (Wildman–Crippen MR) is 215 cm³/mol. The molecule has 0 unspecified atom stereocenters. The molecule has 0 saturated heterocycles. The summed E-state index contributed by atoms with van der Waals surface area (Å²) in [4.78, 5) is 15.0. The molecule has 11 rings (SSSR count). The third kappa shape index (κ3) is 4.34. The van der Waals surface area contributed by atoms with Crippen LogP contribution in [0.4, 0.5) is 0 Å². The standard InChI is InChI=1S/C48H32N4O/c1-48(2)37-23-11-9-19-31(37)35-27-36-32-20-10-12-24-39(32)52(41(36)28-38(35)48)40-25-14-26-42-43(40)33-21-13-22-34(44(33)53-42)47-50-45(29-15-5-3-6-16-29)49-46(51-47)30-17-7-4-8-18-30/h3-28H,1-2H3. The lowest BCUT2D eigenvalue weighted by atomic mass is 9.82. The van der Waals surface area contributed by atoms with E-state index in [1.165, 1.54) is 38.5 Å². The third-order valence-corrected chi connectivity index (χ3v) is 11.1. The van der Waals surface area contributed by atoms with Crippen molar-refractivity contribution in [1.29, 1.82) is 0 Å². The summed E-state index contributed by atoms with van der Waals surface area (Å²) in [5.74, 6) is 1.80. The van der Waals surface area contributed by atoms with Crippen LogP contribution in [0.2, 0.25) is 0 Å².